The van der Waals surface area contributed by atoms with Crippen molar-refractivity contribution in [2.24, 2.45) is 0 Å². The molecule has 140 valence electrons. The topological polar surface area (TPSA) is 74.4 Å². The first-order valence-electron chi connectivity index (χ1n) is 8.72. The number of carbonyl (C=O) groups excluding carboxylic acids is 2. The highest BCUT2D eigenvalue weighted by molar-refractivity contribution is 6.00. The largest absolute Gasteiger partial charge is 0.462 e. The Hall–Kier alpha value is -2.60. The Bertz CT molecular complexity index is 766. The molecule has 1 atom stereocenters. The van der Waals surface area contributed by atoms with Crippen molar-refractivity contribution in [1.82, 2.24) is 15.2 Å². The molecule has 1 aromatic heterocycles. The van der Waals surface area contributed by atoms with Gasteiger partial charge in [0.2, 0.25) is 0 Å². The Morgan fingerprint density at radius 3 is 2.42 bits per heavy atom. The molecule has 0 saturated heterocycles. The summed E-state index contributed by atoms with van der Waals surface area (Å²) in [6, 6.07) is 10.1. The zero-order valence-electron chi connectivity index (χ0n) is 16.1. The fraction of sp³-hybridized carbons (Fsp3) is 0.400. The van der Waals surface area contributed by atoms with Crippen LogP contribution in [0.1, 0.15) is 50.6 Å². The number of carbonyl (C=O) groups is 2. The van der Waals surface area contributed by atoms with Gasteiger partial charge in [-0.2, -0.15) is 0 Å². The van der Waals surface area contributed by atoms with E-state index in [1.165, 1.54) is 0 Å². The van der Waals surface area contributed by atoms with Crippen LogP contribution in [0.2, 0.25) is 0 Å². The number of likely N-dealkylation sites (N-methyl/N-ethyl adjacent to an activating group) is 1. The molecule has 2 rings (SSSR count). The fourth-order valence-corrected chi connectivity index (χ4v) is 3.04. The molecule has 2 N–H and O–H groups in total. The average Bonchev–Trinajstić information content (AvgIpc) is 2.90. The van der Waals surface area contributed by atoms with Gasteiger partial charge in [0.15, 0.2) is 0 Å². The van der Waals surface area contributed by atoms with Crippen molar-refractivity contribution in [2.45, 2.75) is 26.8 Å². The first-order chi connectivity index (χ1) is 12.4. The zero-order chi connectivity index (χ0) is 19.3. The number of rotatable bonds is 7. The van der Waals surface area contributed by atoms with E-state index in [1.54, 1.807) is 20.8 Å². The summed E-state index contributed by atoms with van der Waals surface area (Å²) in [5, 5.41) is 2.97. The molecule has 0 fully saturated rings. The van der Waals surface area contributed by atoms with Crippen LogP contribution in [0, 0.1) is 13.8 Å². The predicted molar refractivity (Wildman–Crippen MR) is 101 cm³/mol. The highest BCUT2D eigenvalue weighted by atomic mass is 16.5. The molecule has 1 unspecified atom stereocenters. The van der Waals surface area contributed by atoms with Crippen LogP contribution in [0.5, 0.6) is 0 Å². The maximum atomic E-state index is 12.7. The molecular formula is C20H27N3O3. The number of amides is 1. The molecule has 1 heterocycles. The normalized spacial score (nSPS) is 12.1. The molecule has 0 aliphatic heterocycles. The summed E-state index contributed by atoms with van der Waals surface area (Å²) in [4.78, 5) is 29.8. The van der Waals surface area contributed by atoms with E-state index in [1.807, 2.05) is 44.4 Å². The summed E-state index contributed by atoms with van der Waals surface area (Å²) >= 11 is 0. The van der Waals surface area contributed by atoms with Crippen LogP contribution >= 0.6 is 0 Å². The summed E-state index contributed by atoms with van der Waals surface area (Å²) in [7, 11) is 3.96. The highest BCUT2D eigenvalue weighted by Crippen LogP contribution is 2.20. The number of esters is 1. The molecule has 1 aromatic carbocycles. The lowest BCUT2D eigenvalue weighted by Gasteiger charge is -2.25. The first-order valence-corrected chi connectivity index (χ1v) is 8.72. The zero-order valence-corrected chi connectivity index (χ0v) is 16.1. The lowest BCUT2D eigenvalue weighted by molar-refractivity contribution is 0.0525. The van der Waals surface area contributed by atoms with Gasteiger partial charge in [0.25, 0.3) is 5.91 Å². The van der Waals surface area contributed by atoms with Crippen LogP contribution in [0.15, 0.2) is 30.3 Å². The van der Waals surface area contributed by atoms with Crippen molar-refractivity contribution < 1.29 is 14.3 Å². The third-order valence-electron chi connectivity index (χ3n) is 4.41. The van der Waals surface area contributed by atoms with E-state index in [4.69, 9.17) is 4.74 Å². The number of aromatic nitrogens is 1. The minimum Gasteiger partial charge on any atom is -0.462 e. The minimum absolute atomic E-state index is 0.0565. The van der Waals surface area contributed by atoms with E-state index in [0.717, 1.165) is 5.56 Å². The Kier molecular flexibility index (Phi) is 6.58. The van der Waals surface area contributed by atoms with E-state index >= 15 is 0 Å². The smallest absolute Gasteiger partial charge is 0.340 e. The monoisotopic (exact) mass is 357 g/mol. The molecule has 0 aliphatic carbocycles. The van der Waals surface area contributed by atoms with E-state index in [0.29, 0.717) is 35.7 Å². The molecule has 0 bridgehead atoms. The predicted octanol–water partition coefficient (Wildman–Crippen LogP) is 2.84. The summed E-state index contributed by atoms with van der Waals surface area (Å²) in [6.07, 6.45) is 0. The van der Waals surface area contributed by atoms with Gasteiger partial charge < -0.3 is 19.9 Å². The van der Waals surface area contributed by atoms with Crippen molar-refractivity contribution in [3.63, 3.8) is 0 Å². The summed E-state index contributed by atoms with van der Waals surface area (Å²) in [6.45, 7) is 6.04. The molecule has 2 aromatic rings. The van der Waals surface area contributed by atoms with Crippen molar-refractivity contribution in [3.8, 4) is 0 Å². The SMILES string of the molecule is CCOC(=O)c1c(C)[nH]c(C(=O)NCC(c2ccccc2)N(C)C)c1C. The van der Waals surface area contributed by atoms with E-state index < -0.39 is 5.97 Å². The van der Waals surface area contributed by atoms with Gasteiger partial charge >= 0.3 is 5.97 Å². The summed E-state index contributed by atoms with van der Waals surface area (Å²) in [5.74, 6) is -0.641. The maximum absolute atomic E-state index is 12.7. The molecule has 0 aliphatic rings. The van der Waals surface area contributed by atoms with Crippen LogP contribution in [0.25, 0.3) is 0 Å². The number of hydrogen-bond acceptors (Lipinski definition) is 4. The van der Waals surface area contributed by atoms with E-state index in [-0.39, 0.29) is 11.9 Å². The number of aromatic amines is 1. The maximum Gasteiger partial charge on any atom is 0.340 e. The Morgan fingerprint density at radius 1 is 1.19 bits per heavy atom. The van der Waals surface area contributed by atoms with E-state index in [9.17, 15) is 9.59 Å². The quantitative estimate of drug-likeness (QED) is 0.747. The van der Waals surface area contributed by atoms with Crippen LogP contribution < -0.4 is 5.32 Å². The molecule has 6 nitrogen and oxygen atoms in total. The van der Waals surface area contributed by atoms with Gasteiger partial charge in [-0.3, -0.25) is 4.79 Å². The van der Waals surface area contributed by atoms with Crippen molar-refractivity contribution in [2.75, 3.05) is 27.2 Å². The van der Waals surface area contributed by atoms with Crippen LogP contribution in [-0.4, -0.2) is 49.0 Å². The molecular weight excluding hydrogens is 330 g/mol. The second-order valence-electron chi connectivity index (χ2n) is 6.45. The van der Waals surface area contributed by atoms with Gasteiger partial charge in [0, 0.05) is 12.2 Å². The van der Waals surface area contributed by atoms with Gasteiger partial charge in [-0.1, -0.05) is 30.3 Å². The van der Waals surface area contributed by atoms with Crippen LogP contribution in [-0.2, 0) is 4.74 Å². The number of H-pyrrole nitrogens is 1. The first kappa shape index (κ1) is 19.7. The molecule has 6 heteroatoms. The fourth-order valence-electron chi connectivity index (χ4n) is 3.04. The van der Waals surface area contributed by atoms with Crippen molar-refractivity contribution >= 4 is 11.9 Å². The molecule has 0 saturated carbocycles. The second-order valence-corrected chi connectivity index (χ2v) is 6.45. The van der Waals surface area contributed by atoms with Crippen molar-refractivity contribution in [1.29, 1.82) is 0 Å². The van der Waals surface area contributed by atoms with Crippen LogP contribution in [0.3, 0.4) is 0 Å². The Labute approximate surface area is 154 Å². The van der Waals surface area contributed by atoms with Gasteiger partial charge in [0.1, 0.15) is 5.69 Å². The standard InChI is InChI=1S/C20H27N3O3/c1-6-26-20(25)17-13(2)18(22-14(17)3)19(24)21-12-16(23(4)5)15-10-8-7-9-11-15/h7-11,16,22H,6,12H2,1-5H3,(H,21,24). The molecule has 0 radical (unpaired) electrons. The molecule has 0 spiro atoms. The Morgan fingerprint density at radius 2 is 1.85 bits per heavy atom. The Balaban J connectivity index is 2.15. The van der Waals surface area contributed by atoms with Crippen molar-refractivity contribution in [3.05, 3.63) is 58.4 Å². The summed E-state index contributed by atoms with van der Waals surface area (Å²) < 4.78 is 5.07. The van der Waals surface area contributed by atoms with Gasteiger partial charge in [-0.15, -0.1) is 0 Å². The number of nitrogens with zero attached hydrogens (tertiary/aromatic N) is 1. The number of benzene rings is 1. The van der Waals surface area contributed by atoms with E-state index in [2.05, 4.69) is 15.2 Å². The highest BCUT2D eigenvalue weighted by Gasteiger charge is 2.23. The summed E-state index contributed by atoms with van der Waals surface area (Å²) in [5.41, 5.74) is 3.21. The van der Waals surface area contributed by atoms with Gasteiger partial charge in [-0.05, 0) is 46.0 Å². The number of ether oxygens (including phenoxy) is 1. The van der Waals surface area contributed by atoms with Gasteiger partial charge in [-0.25, -0.2) is 4.79 Å². The van der Waals surface area contributed by atoms with Gasteiger partial charge in [0.05, 0.1) is 18.2 Å². The third-order valence-corrected chi connectivity index (χ3v) is 4.41. The lowest BCUT2D eigenvalue weighted by atomic mass is 10.1. The number of nitrogens with one attached hydrogen (secondary N) is 2. The minimum atomic E-state index is -0.409. The second kappa shape index (κ2) is 8.67. The van der Waals surface area contributed by atoms with Crippen LogP contribution in [0.4, 0.5) is 0 Å². The third kappa shape index (κ3) is 4.32. The molecule has 1 amide bonds. The lowest BCUT2D eigenvalue weighted by Crippen LogP contribution is -2.35. The average molecular weight is 357 g/mol. The number of hydrogen-bond donors (Lipinski definition) is 2. The molecule has 26 heavy (non-hydrogen) atoms. The number of aryl methyl sites for hydroxylation is 1.